The molecular weight excluding hydrogens is 450 g/mol. The number of anilines is 1. The molecule has 0 spiro atoms. The maximum Gasteiger partial charge on any atom is 0.330 e. The number of aromatic nitrogens is 1. The van der Waals surface area contributed by atoms with Gasteiger partial charge in [-0.3, -0.25) is 5.73 Å². The van der Waals surface area contributed by atoms with Crippen LogP contribution in [0.2, 0.25) is 0 Å². The summed E-state index contributed by atoms with van der Waals surface area (Å²) in [7, 11) is 0. The van der Waals surface area contributed by atoms with E-state index in [9.17, 15) is 5.11 Å². The zero-order valence-corrected chi connectivity index (χ0v) is 13.5. The zero-order valence-electron chi connectivity index (χ0n) is 8.34. The van der Waals surface area contributed by atoms with Crippen LogP contribution in [0.5, 0.6) is 5.75 Å². The first kappa shape index (κ1) is 12.4. The van der Waals surface area contributed by atoms with Gasteiger partial charge in [-0.05, 0) is 64.2 Å². The number of hydrogen-bond donors (Lipinski definition) is 2. The number of thiazole rings is 1. The second-order valence-electron chi connectivity index (χ2n) is 3.31. The second kappa shape index (κ2) is 4.65. The van der Waals surface area contributed by atoms with Crippen molar-refractivity contribution in [2.24, 2.45) is 0 Å². The van der Waals surface area contributed by atoms with Crippen molar-refractivity contribution in [3.05, 3.63) is 24.2 Å². The lowest BCUT2D eigenvalue weighted by Crippen LogP contribution is -2.07. The summed E-state index contributed by atoms with van der Waals surface area (Å²) in [5.74, 6) is 0.304. The number of rotatable bonds is 1. The van der Waals surface area contributed by atoms with Crippen LogP contribution < -0.4 is 10.7 Å². The topological polar surface area (TPSA) is 60.4 Å². The van der Waals surface area contributed by atoms with Gasteiger partial charge in [-0.15, -0.1) is 0 Å². The van der Waals surface area contributed by atoms with Crippen molar-refractivity contribution < 1.29 is 10.1 Å². The highest BCUT2D eigenvalue weighted by molar-refractivity contribution is 14.1. The molecule has 16 heavy (non-hydrogen) atoms. The minimum absolute atomic E-state index is 0.304. The normalized spacial score (nSPS) is 10.7. The smallest absolute Gasteiger partial charge is 0.330 e. The Bertz CT molecular complexity index is 554. The SMILES string of the molecule is Cc1sc(N)[nH+]c1-c1cc(I)cc(I)c1O. The van der Waals surface area contributed by atoms with Crippen LogP contribution in [-0.4, -0.2) is 5.11 Å². The van der Waals surface area contributed by atoms with E-state index in [1.807, 2.05) is 19.1 Å². The van der Waals surface area contributed by atoms with Gasteiger partial charge in [0.2, 0.25) is 0 Å². The summed E-state index contributed by atoms with van der Waals surface area (Å²) in [5, 5.41) is 10.7. The first-order valence-corrected chi connectivity index (χ1v) is 7.43. The van der Waals surface area contributed by atoms with Crippen molar-refractivity contribution >= 4 is 61.7 Å². The van der Waals surface area contributed by atoms with Crippen molar-refractivity contribution in [1.29, 1.82) is 0 Å². The molecular formula is C10H9I2N2OS+. The van der Waals surface area contributed by atoms with Gasteiger partial charge in [0.25, 0.3) is 0 Å². The zero-order chi connectivity index (χ0) is 11.9. The first-order chi connectivity index (χ1) is 7.49. The molecule has 0 saturated carbocycles. The Labute approximate surface area is 124 Å². The molecule has 4 N–H and O–H groups in total. The Morgan fingerprint density at radius 1 is 1.38 bits per heavy atom. The average molecular weight is 459 g/mol. The summed E-state index contributed by atoms with van der Waals surface area (Å²) in [6.45, 7) is 1.99. The summed E-state index contributed by atoms with van der Waals surface area (Å²) < 4.78 is 1.93. The highest BCUT2D eigenvalue weighted by atomic mass is 127. The number of halogens is 2. The largest absolute Gasteiger partial charge is 0.506 e. The standard InChI is InChI=1S/C10H8I2N2OS/c1-4-8(14-10(13)16-4)6-2-5(11)3-7(12)9(6)15/h2-3,15H,1H3,(H2,13,14)/p+1. The van der Waals surface area contributed by atoms with Gasteiger partial charge in [-0.25, -0.2) is 4.98 Å². The quantitative estimate of drug-likeness (QED) is 0.645. The van der Waals surface area contributed by atoms with Gasteiger partial charge >= 0.3 is 5.13 Å². The van der Waals surface area contributed by atoms with Crippen molar-refractivity contribution in [2.45, 2.75) is 6.92 Å². The average Bonchev–Trinajstić information content (AvgIpc) is 2.51. The van der Waals surface area contributed by atoms with E-state index >= 15 is 0 Å². The van der Waals surface area contributed by atoms with E-state index in [-0.39, 0.29) is 0 Å². The van der Waals surface area contributed by atoms with E-state index in [0.717, 1.165) is 23.3 Å². The maximum absolute atomic E-state index is 10.0. The van der Waals surface area contributed by atoms with Crippen molar-refractivity contribution in [1.82, 2.24) is 0 Å². The third kappa shape index (κ3) is 2.28. The molecule has 0 amide bonds. The monoisotopic (exact) mass is 459 g/mol. The third-order valence-electron chi connectivity index (χ3n) is 2.16. The van der Waals surface area contributed by atoms with Gasteiger partial charge in [0, 0.05) is 3.57 Å². The number of aromatic hydroxyl groups is 1. The van der Waals surface area contributed by atoms with Gasteiger partial charge in [-0.1, -0.05) is 11.3 Å². The van der Waals surface area contributed by atoms with Crippen molar-refractivity contribution in [2.75, 3.05) is 5.73 Å². The number of hydrogen-bond acceptors (Lipinski definition) is 3. The Hall–Kier alpha value is -0.0900. The molecule has 0 unspecified atom stereocenters. The summed E-state index contributed by atoms with van der Waals surface area (Å²) in [6, 6.07) is 3.88. The van der Waals surface area contributed by atoms with Crippen molar-refractivity contribution in [3.8, 4) is 17.0 Å². The molecule has 1 aromatic heterocycles. The first-order valence-electron chi connectivity index (χ1n) is 4.45. The highest BCUT2D eigenvalue weighted by Crippen LogP contribution is 2.36. The Balaban J connectivity index is 2.68. The molecule has 1 heterocycles. The molecule has 0 aliphatic rings. The van der Waals surface area contributed by atoms with Gasteiger partial charge in [0.1, 0.15) is 11.4 Å². The van der Waals surface area contributed by atoms with E-state index in [4.69, 9.17) is 5.73 Å². The Morgan fingerprint density at radius 3 is 2.62 bits per heavy atom. The molecule has 0 fully saturated rings. The fourth-order valence-corrected chi connectivity index (χ4v) is 4.06. The van der Waals surface area contributed by atoms with E-state index in [0.29, 0.717) is 10.9 Å². The number of benzene rings is 1. The van der Waals surface area contributed by atoms with Gasteiger partial charge in [0.05, 0.1) is 14.0 Å². The molecule has 0 aliphatic heterocycles. The predicted octanol–water partition coefficient (Wildman–Crippen LogP) is 3.03. The van der Waals surface area contributed by atoms with Crippen LogP contribution in [0.25, 0.3) is 11.3 Å². The van der Waals surface area contributed by atoms with E-state index in [1.165, 1.54) is 11.3 Å². The molecule has 0 atom stereocenters. The lowest BCUT2D eigenvalue weighted by atomic mass is 10.1. The highest BCUT2D eigenvalue weighted by Gasteiger charge is 2.17. The Morgan fingerprint density at radius 2 is 2.06 bits per heavy atom. The summed E-state index contributed by atoms with van der Waals surface area (Å²) in [5.41, 5.74) is 7.43. The maximum atomic E-state index is 10.0. The van der Waals surface area contributed by atoms with E-state index in [2.05, 4.69) is 50.2 Å². The number of aromatic amines is 1. The number of nitrogens with two attached hydrogens (primary N) is 1. The van der Waals surface area contributed by atoms with Crippen LogP contribution in [0.1, 0.15) is 4.88 Å². The van der Waals surface area contributed by atoms with Crippen molar-refractivity contribution in [3.63, 3.8) is 0 Å². The molecule has 6 heteroatoms. The fraction of sp³-hybridized carbons (Fsp3) is 0.100. The van der Waals surface area contributed by atoms with Gasteiger partial charge < -0.3 is 5.11 Å². The van der Waals surface area contributed by atoms with Gasteiger partial charge in [-0.2, -0.15) is 0 Å². The molecule has 3 nitrogen and oxygen atoms in total. The third-order valence-corrected chi connectivity index (χ3v) is 4.44. The molecule has 2 rings (SSSR count). The van der Waals surface area contributed by atoms with Crippen LogP contribution in [0.4, 0.5) is 5.13 Å². The number of phenols is 1. The molecule has 0 saturated heterocycles. The van der Waals surface area contributed by atoms with Crippen LogP contribution in [0.3, 0.4) is 0 Å². The van der Waals surface area contributed by atoms with Crippen LogP contribution in [0.15, 0.2) is 12.1 Å². The number of H-pyrrole nitrogens is 1. The molecule has 0 aliphatic carbocycles. The van der Waals surface area contributed by atoms with Crippen LogP contribution in [0, 0.1) is 14.1 Å². The summed E-state index contributed by atoms with van der Waals surface area (Å²) >= 11 is 5.85. The van der Waals surface area contributed by atoms with Crippen LogP contribution in [-0.2, 0) is 0 Å². The predicted molar refractivity (Wildman–Crippen MR) is 82.6 cm³/mol. The molecule has 0 radical (unpaired) electrons. The molecule has 84 valence electrons. The minimum atomic E-state index is 0.304. The lowest BCUT2D eigenvalue weighted by Gasteiger charge is -2.04. The Kier molecular flexibility index (Phi) is 3.59. The fourth-order valence-electron chi connectivity index (χ4n) is 1.47. The molecule has 2 aromatic rings. The minimum Gasteiger partial charge on any atom is -0.506 e. The summed E-state index contributed by atoms with van der Waals surface area (Å²) in [6.07, 6.45) is 0. The number of aryl methyl sites for hydroxylation is 1. The number of nitrogens with one attached hydrogen (secondary N) is 1. The van der Waals surface area contributed by atoms with E-state index in [1.54, 1.807) is 0 Å². The van der Waals surface area contributed by atoms with Crippen LogP contribution >= 0.6 is 56.5 Å². The van der Waals surface area contributed by atoms with Gasteiger partial charge in [0.15, 0.2) is 0 Å². The molecule has 1 aromatic carbocycles. The number of phenolic OH excluding ortho intramolecular Hbond substituents is 1. The summed E-state index contributed by atoms with van der Waals surface area (Å²) in [4.78, 5) is 4.16. The molecule has 0 bridgehead atoms. The lowest BCUT2D eigenvalue weighted by molar-refractivity contribution is -0.341. The second-order valence-corrected chi connectivity index (χ2v) is 6.97. The number of nitrogen functional groups attached to an aromatic ring is 1. The van der Waals surface area contributed by atoms with E-state index < -0.39 is 0 Å².